The third kappa shape index (κ3) is 13.3. The van der Waals surface area contributed by atoms with Crippen LogP contribution in [0.1, 0.15) is 114 Å². The van der Waals surface area contributed by atoms with Crippen LogP contribution in [0.3, 0.4) is 0 Å². The Bertz CT molecular complexity index is 1170. The summed E-state index contributed by atoms with van der Waals surface area (Å²) in [5.74, 6) is -0.863. The zero-order chi connectivity index (χ0) is 29.2. The molecule has 1 amide bonds. The summed E-state index contributed by atoms with van der Waals surface area (Å²) in [6.07, 6.45) is 17.0. The molecule has 0 aliphatic heterocycles. The first-order chi connectivity index (χ1) is 19.2. The molecule has 0 saturated heterocycles. The van der Waals surface area contributed by atoms with Crippen molar-refractivity contribution >= 4 is 39.1 Å². The number of halogens is 1. The van der Waals surface area contributed by atoms with Crippen LogP contribution < -0.4 is 10.1 Å². The van der Waals surface area contributed by atoms with Gasteiger partial charge in [-0.1, -0.05) is 114 Å². The van der Waals surface area contributed by atoms with Gasteiger partial charge in [-0.25, -0.2) is 0 Å². The summed E-state index contributed by atoms with van der Waals surface area (Å²) in [5.41, 5.74) is 0.290. The number of unbranched alkanes of at least 4 members (excludes halogenated alkanes) is 13. The van der Waals surface area contributed by atoms with Crippen LogP contribution in [-0.2, 0) is 14.9 Å². The van der Waals surface area contributed by atoms with Crippen molar-refractivity contribution in [1.29, 1.82) is 0 Å². The number of hydrogen-bond donors (Lipinski definition) is 2. The highest BCUT2D eigenvalue weighted by Crippen LogP contribution is 2.29. The minimum Gasteiger partial charge on any atom is -0.491 e. The van der Waals surface area contributed by atoms with E-state index in [4.69, 9.17) is 16.3 Å². The van der Waals surface area contributed by atoms with E-state index in [1.165, 1.54) is 88.8 Å². The smallest absolute Gasteiger partial charge is 0.294 e. The van der Waals surface area contributed by atoms with Crippen molar-refractivity contribution in [2.75, 3.05) is 11.9 Å². The van der Waals surface area contributed by atoms with Crippen molar-refractivity contribution in [3.8, 4) is 5.75 Å². The maximum atomic E-state index is 12.6. The standard InChI is InChI=1S/C31H44ClNO6S/c1-2-3-4-5-6-7-8-9-10-11-12-13-14-17-22-39-30-21-20-25(40(36,37)38)23-28(30)33-31(35)24-29(34)26-18-15-16-19-27(26)32/h15-16,18-21,23H,2-14,17,22,24H2,1H3,(H,33,35)(H,36,37,38). The predicted octanol–water partition coefficient (Wildman–Crippen LogP) is 8.66. The highest BCUT2D eigenvalue weighted by molar-refractivity contribution is 7.85. The second kappa shape index (κ2) is 18.8. The first kappa shape index (κ1) is 33.8. The lowest BCUT2D eigenvalue weighted by atomic mass is 10.0. The molecule has 2 aromatic carbocycles. The van der Waals surface area contributed by atoms with Gasteiger partial charge in [0.15, 0.2) is 5.78 Å². The summed E-state index contributed by atoms with van der Waals surface area (Å²) in [4.78, 5) is 24.7. The van der Waals surface area contributed by atoms with Crippen molar-refractivity contribution in [1.82, 2.24) is 0 Å². The fourth-order valence-electron chi connectivity index (χ4n) is 4.49. The number of hydrogen-bond acceptors (Lipinski definition) is 5. The summed E-state index contributed by atoms with van der Waals surface area (Å²) in [5, 5.41) is 2.78. The van der Waals surface area contributed by atoms with Crippen molar-refractivity contribution < 1.29 is 27.3 Å². The molecule has 0 aromatic heterocycles. The van der Waals surface area contributed by atoms with Crippen LogP contribution in [0.25, 0.3) is 0 Å². The first-order valence-electron chi connectivity index (χ1n) is 14.5. The van der Waals surface area contributed by atoms with Gasteiger partial charge in [-0.05, 0) is 36.8 Å². The Labute approximate surface area is 244 Å². The van der Waals surface area contributed by atoms with Gasteiger partial charge in [0.2, 0.25) is 5.91 Å². The Morgan fingerprint density at radius 2 is 1.38 bits per heavy atom. The maximum absolute atomic E-state index is 12.6. The van der Waals surface area contributed by atoms with E-state index in [9.17, 15) is 22.6 Å². The number of carbonyl (C=O) groups excluding carboxylic acids is 2. The largest absolute Gasteiger partial charge is 0.491 e. The summed E-state index contributed by atoms with van der Waals surface area (Å²) in [6.45, 7) is 2.64. The molecule has 0 bridgehead atoms. The van der Waals surface area contributed by atoms with E-state index < -0.39 is 28.2 Å². The number of amides is 1. The fraction of sp³-hybridized carbons (Fsp3) is 0.548. The van der Waals surface area contributed by atoms with Crippen molar-refractivity contribution in [3.05, 3.63) is 53.1 Å². The molecular weight excluding hydrogens is 550 g/mol. The van der Waals surface area contributed by atoms with Crippen LogP contribution in [0.4, 0.5) is 5.69 Å². The van der Waals surface area contributed by atoms with Gasteiger partial charge in [0.1, 0.15) is 5.75 Å². The van der Waals surface area contributed by atoms with Crippen LogP contribution in [0.2, 0.25) is 5.02 Å². The van der Waals surface area contributed by atoms with E-state index >= 15 is 0 Å². The third-order valence-corrected chi connectivity index (χ3v) is 7.95. The van der Waals surface area contributed by atoms with Gasteiger partial charge < -0.3 is 10.1 Å². The van der Waals surface area contributed by atoms with E-state index in [1.807, 2.05) is 0 Å². The second-order valence-corrected chi connectivity index (χ2v) is 12.0. The molecule has 2 rings (SSSR count). The average Bonchev–Trinajstić information content (AvgIpc) is 2.91. The molecular formula is C31H44ClNO6S. The summed E-state index contributed by atoms with van der Waals surface area (Å²) < 4.78 is 38.5. The second-order valence-electron chi connectivity index (χ2n) is 10.2. The van der Waals surface area contributed by atoms with Gasteiger partial charge in [0, 0.05) is 5.56 Å². The number of benzene rings is 2. The molecule has 0 unspecified atom stereocenters. The maximum Gasteiger partial charge on any atom is 0.294 e. The number of ketones is 1. The lowest BCUT2D eigenvalue weighted by Crippen LogP contribution is -2.18. The summed E-state index contributed by atoms with van der Waals surface area (Å²) >= 11 is 6.05. The van der Waals surface area contributed by atoms with Gasteiger partial charge in [-0.15, -0.1) is 0 Å². The highest BCUT2D eigenvalue weighted by Gasteiger charge is 2.18. The number of nitrogens with one attached hydrogen (secondary N) is 1. The Kier molecular flexibility index (Phi) is 15.9. The Hall–Kier alpha value is -2.42. The molecule has 0 heterocycles. The molecule has 0 fully saturated rings. The zero-order valence-electron chi connectivity index (χ0n) is 23.6. The number of rotatable bonds is 21. The molecule has 222 valence electrons. The molecule has 0 radical (unpaired) electrons. The molecule has 0 aliphatic rings. The minimum absolute atomic E-state index is 0.0671. The van der Waals surface area contributed by atoms with E-state index in [2.05, 4.69) is 12.2 Å². The number of anilines is 1. The quantitative estimate of drug-likeness (QED) is 0.0648. The lowest BCUT2D eigenvalue weighted by Gasteiger charge is -2.14. The Balaban J connectivity index is 1.75. The molecule has 2 N–H and O–H groups in total. The van der Waals surface area contributed by atoms with Crippen LogP contribution in [0.5, 0.6) is 5.75 Å². The molecule has 2 aromatic rings. The molecule has 0 aliphatic carbocycles. The van der Waals surface area contributed by atoms with Gasteiger partial charge in [-0.3, -0.25) is 14.1 Å². The van der Waals surface area contributed by atoms with E-state index in [0.717, 1.165) is 25.3 Å². The Morgan fingerprint density at radius 3 is 1.93 bits per heavy atom. The van der Waals surface area contributed by atoms with E-state index in [0.29, 0.717) is 6.61 Å². The Morgan fingerprint density at radius 1 is 0.825 bits per heavy atom. The van der Waals surface area contributed by atoms with Gasteiger partial charge in [0.25, 0.3) is 10.1 Å². The van der Waals surface area contributed by atoms with Crippen molar-refractivity contribution in [3.63, 3.8) is 0 Å². The van der Waals surface area contributed by atoms with Crippen LogP contribution in [0.15, 0.2) is 47.4 Å². The van der Waals surface area contributed by atoms with E-state index in [-0.39, 0.29) is 26.9 Å². The van der Waals surface area contributed by atoms with Crippen LogP contribution >= 0.6 is 11.6 Å². The van der Waals surface area contributed by atoms with Crippen molar-refractivity contribution in [2.24, 2.45) is 0 Å². The number of Topliss-reactive ketones (excluding diaryl/α,β-unsaturated/α-hetero) is 1. The summed E-state index contributed by atoms with van der Waals surface area (Å²) in [7, 11) is -4.49. The van der Waals surface area contributed by atoms with E-state index in [1.54, 1.807) is 18.2 Å². The average molecular weight is 594 g/mol. The van der Waals surface area contributed by atoms with Crippen LogP contribution in [0, 0.1) is 0 Å². The molecule has 9 heteroatoms. The first-order valence-corrected chi connectivity index (χ1v) is 16.4. The molecule has 40 heavy (non-hydrogen) atoms. The lowest BCUT2D eigenvalue weighted by molar-refractivity contribution is -0.115. The number of ether oxygens (including phenoxy) is 1. The molecule has 7 nitrogen and oxygen atoms in total. The van der Waals surface area contributed by atoms with Crippen LogP contribution in [-0.4, -0.2) is 31.3 Å². The summed E-state index contributed by atoms with van der Waals surface area (Å²) in [6, 6.07) is 10.1. The molecule has 0 spiro atoms. The highest BCUT2D eigenvalue weighted by atomic mass is 35.5. The zero-order valence-corrected chi connectivity index (χ0v) is 25.2. The van der Waals surface area contributed by atoms with Gasteiger partial charge in [0.05, 0.1) is 28.6 Å². The fourth-order valence-corrected chi connectivity index (χ4v) is 5.24. The SMILES string of the molecule is CCCCCCCCCCCCCCCCOc1ccc(S(=O)(=O)O)cc1NC(=O)CC(=O)c1ccccc1Cl. The normalized spacial score (nSPS) is 11.4. The predicted molar refractivity (Wildman–Crippen MR) is 161 cm³/mol. The number of carbonyl (C=O) groups is 2. The van der Waals surface area contributed by atoms with Crippen molar-refractivity contribution in [2.45, 2.75) is 108 Å². The van der Waals surface area contributed by atoms with Gasteiger partial charge >= 0.3 is 0 Å². The molecule has 0 atom stereocenters. The topological polar surface area (TPSA) is 110 Å². The third-order valence-electron chi connectivity index (χ3n) is 6.77. The van der Waals surface area contributed by atoms with Gasteiger partial charge in [-0.2, -0.15) is 8.42 Å². The minimum atomic E-state index is -4.49. The molecule has 0 saturated carbocycles. The monoisotopic (exact) mass is 593 g/mol.